The van der Waals surface area contributed by atoms with Gasteiger partial charge in [-0.15, -0.1) is 11.3 Å². The molecule has 2 aromatic carbocycles. The molecular weight excluding hydrogens is 312 g/mol. The second-order valence-electron chi connectivity index (χ2n) is 4.89. The lowest BCUT2D eigenvalue weighted by Gasteiger charge is -2.09. The maximum Gasteiger partial charge on any atom is 0.142 e. The summed E-state index contributed by atoms with van der Waals surface area (Å²) in [6.07, 6.45) is 0.503. The van der Waals surface area contributed by atoms with Gasteiger partial charge >= 0.3 is 0 Å². The highest BCUT2D eigenvalue weighted by atomic mass is 35.5. The smallest absolute Gasteiger partial charge is 0.142 e. The summed E-state index contributed by atoms with van der Waals surface area (Å²) in [5.41, 5.74) is 6.96. The van der Waals surface area contributed by atoms with Gasteiger partial charge in [-0.2, -0.15) is 0 Å². The van der Waals surface area contributed by atoms with Crippen molar-refractivity contribution in [2.24, 2.45) is 5.73 Å². The van der Waals surface area contributed by atoms with Crippen LogP contribution in [0.1, 0.15) is 16.5 Å². The summed E-state index contributed by atoms with van der Waals surface area (Å²) in [7, 11) is 0. The van der Waals surface area contributed by atoms with Crippen LogP contribution in [0.5, 0.6) is 0 Å². The minimum absolute atomic E-state index is 0.102. The fourth-order valence-electron chi connectivity index (χ4n) is 2.24. The second-order valence-corrected chi connectivity index (χ2v) is 6.41. The van der Waals surface area contributed by atoms with Crippen molar-refractivity contribution in [1.82, 2.24) is 0 Å². The first-order valence-corrected chi connectivity index (χ1v) is 7.61. The average Bonchev–Trinajstić information content (AvgIpc) is 2.86. The summed E-state index contributed by atoms with van der Waals surface area (Å²) in [5, 5.41) is 0.942. The topological polar surface area (TPSA) is 26.0 Å². The van der Waals surface area contributed by atoms with Crippen molar-refractivity contribution in [3.05, 3.63) is 69.6 Å². The van der Waals surface area contributed by atoms with Gasteiger partial charge in [0.2, 0.25) is 0 Å². The van der Waals surface area contributed by atoms with Crippen LogP contribution in [0.25, 0.3) is 10.1 Å². The van der Waals surface area contributed by atoms with Gasteiger partial charge in [-0.3, -0.25) is 0 Å². The van der Waals surface area contributed by atoms with Crippen LogP contribution in [0, 0.1) is 11.6 Å². The van der Waals surface area contributed by atoms with Crippen molar-refractivity contribution in [3.63, 3.8) is 0 Å². The van der Waals surface area contributed by atoms with Crippen LogP contribution in [-0.4, -0.2) is 0 Å². The number of nitrogens with two attached hydrogens (primary N) is 1. The zero-order valence-corrected chi connectivity index (χ0v) is 12.5. The molecule has 108 valence electrons. The van der Waals surface area contributed by atoms with Crippen molar-refractivity contribution < 1.29 is 8.78 Å². The molecule has 1 aromatic heterocycles. The van der Waals surface area contributed by atoms with E-state index in [1.807, 2.05) is 6.07 Å². The summed E-state index contributed by atoms with van der Waals surface area (Å²) in [4.78, 5) is 0.950. The number of hydrogen-bond acceptors (Lipinski definition) is 2. The molecule has 2 N–H and O–H groups in total. The van der Waals surface area contributed by atoms with Gasteiger partial charge in [0, 0.05) is 15.6 Å². The Bertz CT molecular complexity index is 800. The molecule has 0 saturated heterocycles. The molecule has 0 radical (unpaired) electrons. The molecule has 0 aliphatic carbocycles. The second kappa shape index (κ2) is 5.72. The van der Waals surface area contributed by atoms with Crippen molar-refractivity contribution in [1.29, 1.82) is 0 Å². The van der Waals surface area contributed by atoms with Gasteiger partial charge in [-0.25, -0.2) is 8.78 Å². The van der Waals surface area contributed by atoms with Crippen LogP contribution >= 0.6 is 22.9 Å². The SMILES string of the molecule is NC(Cc1ccc(Cl)c(F)c1)c1cc2cc(F)ccc2s1. The van der Waals surface area contributed by atoms with Gasteiger partial charge in [0.25, 0.3) is 0 Å². The number of hydrogen-bond donors (Lipinski definition) is 1. The Balaban J connectivity index is 1.85. The van der Waals surface area contributed by atoms with Gasteiger partial charge in [0.1, 0.15) is 11.6 Å². The van der Waals surface area contributed by atoms with E-state index >= 15 is 0 Å². The Labute approximate surface area is 130 Å². The van der Waals surface area contributed by atoms with Gasteiger partial charge in [0.15, 0.2) is 0 Å². The fraction of sp³-hybridized carbons (Fsp3) is 0.125. The van der Waals surface area contributed by atoms with Crippen molar-refractivity contribution in [2.75, 3.05) is 0 Å². The van der Waals surface area contributed by atoms with Crippen molar-refractivity contribution >= 4 is 33.0 Å². The lowest BCUT2D eigenvalue weighted by Crippen LogP contribution is -2.11. The molecule has 0 saturated carbocycles. The highest BCUT2D eigenvalue weighted by Gasteiger charge is 2.12. The first kappa shape index (κ1) is 14.4. The molecule has 0 aliphatic rings. The highest BCUT2D eigenvalue weighted by molar-refractivity contribution is 7.19. The number of rotatable bonds is 3. The predicted octanol–water partition coefficient (Wildman–Crippen LogP) is 5.08. The summed E-state index contributed by atoms with van der Waals surface area (Å²) < 4.78 is 27.6. The summed E-state index contributed by atoms with van der Waals surface area (Å²) >= 11 is 7.19. The highest BCUT2D eigenvalue weighted by Crippen LogP contribution is 2.31. The molecule has 0 aliphatic heterocycles. The maximum absolute atomic E-state index is 13.4. The quantitative estimate of drug-likeness (QED) is 0.715. The largest absolute Gasteiger partial charge is 0.323 e. The molecule has 1 heterocycles. The minimum atomic E-state index is -0.445. The normalized spacial score (nSPS) is 12.8. The predicted molar refractivity (Wildman–Crippen MR) is 83.8 cm³/mol. The van der Waals surface area contributed by atoms with Gasteiger partial charge in [-0.1, -0.05) is 17.7 Å². The molecule has 5 heteroatoms. The van der Waals surface area contributed by atoms with E-state index in [2.05, 4.69) is 0 Å². The van der Waals surface area contributed by atoms with E-state index in [4.69, 9.17) is 17.3 Å². The van der Waals surface area contributed by atoms with E-state index < -0.39 is 5.82 Å². The monoisotopic (exact) mass is 323 g/mol. The van der Waals surface area contributed by atoms with Crippen molar-refractivity contribution in [3.8, 4) is 0 Å². The molecule has 1 atom stereocenters. The molecule has 21 heavy (non-hydrogen) atoms. The Morgan fingerprint density at radius 2 is 1.90 bits per heavy atom. The van der Waals surface area contributed by atoms with E-state index in [0.29, 0.717) is 6.42 Å². The number of fused-ring (bicyclic) bond motifs is 1. The average molecular weight is 324 g/mol. The summed E-state index contributed by atoms with van der Waals surface area (Å²) in [6, 6.07) is 11.0. The van der Waals surface area contributed by atoms with Crippen molar-refractivity contribution in [2.45, 2.75) is 12.5 Å². The molecule has 1 unspecified atom stereocenters. The molecule has 0 bridgehead atoms. The van der Waals surface area contributed by atoms with Crippen LogP contribution in [0.4, 0.5) is 8.78 Å². The lowest BCUT2D eigenvalue weighted by molar-refractivity contribution is 0.623. The summed E-state index contributed by atoms with van der Waals surface area (Å²) in [6.45, 7) is 0. The van der Waals surface area contributed by atoms with E-state index in [1.54, 1.807) is 12.1 Å². The lowest BCUT2D eigenvalue weighted by atomic mass is 10.0. The Kier molecular flexibility index (Phi) is 3.93. The van der Waals surface area contributed by atoms with E-state index in [0.717, 1.165) is 20.5 Å². The van der Waals surface area contributed by atoms with Gasteiger partial charge in [0.05, 0.1) is 5.02 Å². The fourth-order valence-corrected chi connectivity index (χ4v) is 3.40. The third-order valence-corrected chi connectivity index (χ3v) is 4.86. The molecule has 0 amide bonds. The van der Waals surface area contributed by atoms with Gasteiger partial charge in [-0.05, 0) is 53.8 Å². The Morgan fingerprint density at radius 3 is 2.67 bits per heavy atom. The maximum atomic E-state index is 13.4. The van der Waals surface area contributed by atoms with Crippen LogP contribution < -0.4 is 5.73 Å². The first-order valence-electron chi connectivity index (χ1n) is 6.41. The van der Waals surface area contributed by atoms with Crippen LogP contribution in [0.15, 0.2) is 42.5 Å². The summed E-state index contributed by atoms with van der Waals surface area (Å²) in [5.74, 6) is -0.708. The van der Waals surface area contributed by atoms with Crippen LogP contribution in [-0.2, 0) is 6.42 Å². The van der Waals surface area contributed by atoms with E-state index in [-0.39, 0.29) is 16.9 Å². The number of benzene rings is 2. The molecule has 0 fully saturated rings. The third kappa shape index (κ3) is 3.07. The zero-order valence-electron chi connectivity index (χ0n) is 10.9. The molecule has 1 nitrogen and oxygen atoms in total. The minimum Gasteiger partial charge on any atom is -0.323 e. The third-order valence-electron chi connectivity index (χ3n) is 3.30. The molecular formula is C16H12ClF2NS. The number of halogens is 3. The van der Waals surface area contributed by atoms with Crippen LogP contribution in [0.2, 0.25) is 5.02 Å². The van der Waals surface area contributed by atoms with Crippen LogP contribution in [0.3, 0.4) is 0 Å². The first-order chi connectivity index (χ1) is 10.0. The Hall–Kier alpha value is -1.49. The molecule has 0 spiro atoms. The Morgan fingerprint density at radius 1 is 1.10 bits per heavy atom. The van der Waals surface area contributed by atoms with E-state index in [1.165, 1.54) is 35.6 Å². The van der Waals surface area contributed by atoms with E-state index in [9.17, 15) is 8.78 Å². The molecule has 3 rings (SSSR count). The standard InChI is InChI=1S/C16H12ClF2NS/c17-12-3-1-9(5-13(12)19)6-14(20)16-8-10-7-11(18)2-4-15(10)21-16/h1-5,7-8,14H,6,20H2. The molecule has 3 aromatic rings. The van der Waals surface area contributed by atoms with Gasteiger partial charge < -0.3 is 5.73 Å². The zero-order chi connectivity index (χ0) is 15.0. The number of thiophene rings is 1.